The van der Waals surface area contributed by atoms with E-state index >= 15 is 0 Å². The molecule has 2 aromatic carbocycles. The van der Waals surface area contributed by atoms with Crippen LogP contribution >= 0.6 is 0 Å². The Morgan fingerprint density at radius 3 is 2.35 bits per heavy atom. The maximum atomic E-state index is 13.3. The molecule has 1 heterocycles. The van der Waals surface area contributed by atoms with Crippen LogP contribution in [0.2, 0.25) is 0 Å². The van der Waals surface area contributed by atoms with Crippen LogP contribution in [0, 0.1) is 11.6 Å². The van der Waals surface area contributed by atoms with E-state index in [1.54, 1.807) is 36.0 Å². The molecule has 0 saturated carbocycles. The number of esters is 1. The van der Waals surface area contributed by atoms with E-state index in [2.05, 4.69) is 5.10 Å². The van der Waals surface area contributed by atoms with E-state index in [-0.39, 0.29) is 29.8 Å². The molecule has 1 aliphatic carbocycles. The van der Waals surface area contributed by atoms with Gasteiger partial charge in [0.1, 0.15) is 11.6 Å². The number of amides is 1. The highest BCUT2D eigenvalue weighted by atomic mass is 19.1. The second-order valence-electron chi connectivity index (χ2n) is 7.47. The van der Waals surface area contributed by atoms with Crippen LogP contribution in [-0.2, 0) is 28.9 Å². The highest BCUT2D eigenvalue weighted by molar-refractivity contribution is 5.91. The monoisotopic (exact) mass is 425 g/mol. The molecule has 31 heavy (non-hydrogen) atoms. The Morgan fingerprint density at radius 1 is 1.03 bits per heavy atom. The van der Waals surface area contributed by atoms with Crippen molar-refractivity contribution in [1.82, 2.24) is 14.7 Å². The fourth-order valence-corrected chi connectivity index (χ4v) is 3.65. The number of carbonyl (C=O) groups is 2. The second-order valence-corrected chi connectivity index (χ2v) is 7.47. The zero-order valence-electron chi connectivity index (χ0n) is 17.0. The fourth-order valence-electron chi connectivity index (χ4n) is 3.65. The van der Waals surface area contributed by atoms with Gasteiger partial charge in [-0.1, -0.05) is 12.1 Å². The van der Waals surface area contributed by atoms with Crippen molar-refractivity contribution in [2.45, 2.75) is 25.8 Å². The summed E-state index contributed by atoms with van der Waals surface area (Å²) in [4.78, 5) is 26.4. The van der Waals surface area contributed by atoms with Gasteiger partial charge in [-0.25, -0.2) is 18.3 Å². The van der Waals surface area contributed by atoms with Gasteiger partial charge in [-0.2, -0.15) is 5.10 Å². The molecule has 1 amide bonds. The summed E-state index contributed by atoms with van der Waals surface area (Å²) in [5.41, 5.74) is 3.32. The highest BCUT2D eigenvalue weighted by Crippen LogP contribution is 2.28. The summed E-state index contributed by atoms with van der Waals surface area (Å²) in [5.74, 6) is -1.75. The smallest absolute Gasteiger partial charge is 0.359 e. The van der Waals surface area contributed by atoms with Crippen LogP contribution in [0.15, 0.2) is 48.5 Å². The van der Waals surface area contributed by atoms with Gasteiger partial charge in [0.15, 0.2) is 12.3 Å². The molecule has 0 saturated heterocycles. The largest absolute Gasteiger partial charge is 0.451 e. The van der Waals surface area contributed by atoms with Crippen molar-refractivity contribution >= 4 is 11.9 Å². The molecule has 6 nitrogen and oxygen atoms in total. The van der Waals surface area contributed by atoms with Crippen LogP contribution in [-0.4, -0.2) is 40.2 Å². The fraction of sp³-hybridized carbons (Fsp3) is 0.261. The second kappa shape index (κ2) is 8.67. The predicted octanol–water partition coefficient (Wildman–Crippen LogP) is 3.45. The number of aromatic nitrogens is 2. The SMILES string of the molecule is CN(Cc1ccc(F)cc1)C(=O)COC(=O)c1nn(-c2ccc(F)cc2)c2c1CCC2. The molecule has 0 spiro atoms. The first-order valence-corrected chi connectivity index (χ1v) is 9.94. The minimum absolute atomic E-state index is 0.186. The Morgan fingerprint density at radius 2 is 1.68 bits per heavy atom. The van der Waals surface area contributed by atoms with Gasteiger partial charge in [0, 0.05) is 24.8 Å². The van der Waals surface area contributed by atoms with Gasteiger partial charge >= 0.3 is 5.97 Å². The predicted molar refractivity (Wildman–Crippen MR) is 109 cm³/mol. The van der Waals surface area contributed by atoms with Gasteiger partial charge in [-0.15, -0.1) is 0 Å². The molecule has 0 unspecified atom stereocenters. The van der Waals surface area contributed by atoms with E-state index in [0.29, 0.717) is 12.1 Å². The summed E-state index contributed by atoms with van der Waals surface area (Å²) < 4.78 is 33.1. The van der Waals surface area contributed by atoms with E-state index in [1.807, 2.05) is 0 Å². The summed E-state index contributed by atoms with van der Waals surface area (Å²) in [5, 5.41) is 4.39. The Kier molecular flexibility index (Phi) is 5.79. The number of likely N-dealkylation sites (N-methyl/N-ethyl adjacent to an activating group) is 1. The lowest BCUT2D eigenvalue weighted by molar-refractivity contribution is -0.133. The maximum absolute atomic E-state index is 13.3. The zero-order valence-corrected chi connectivity index (χ0v) is 17.0. The molecule has 160 valence electrons. The number of hydrogen-bond donors (Lipinski definition) is 0. The minimum atomic E-state index is -0.664. The van der Waals surface area contributed by atoms with E-state index in [1.165, 1.54) is 29.2 Å². The number of carbonyl (C=O) groups excluding carboxylic acids is 2. The summed E-state index contributed by atoms with van der Waals surface area (Å²) in [7, 11) is 1.58. The summed E-state index contributed by atoms with van der Waals surface area (Å²) in [6, 6.07) is 11.7. The first-order chi connectivity index (χ1) is 14.9. The van der Waals surface area contributed by atoms with Gasteiger partial charge in [-0.3, -0.25) is 4.79 Å². The Hall–Kier alpha value is -3.55. The van der Waals surface area contributed by atoms with Crippen LogP contribution in [0.4, 0.5) is 8.78 Å². The first kappa shape index (κ1) is 20.7. The third-order valence-electron chi connectivity index (χ3n) is 5.28. The Labute approximate surface area is 178 Å². The van der Waals surface area contributed by atoms with Crippen molar-refractivity contribution in [1.29, 1.82) is 0 Å². The third kappa shape index (κ3) is 4.47. The van der Waals surface area contributed by atoms with Gasteiger partial charge in [-0.05, 0) is 61.2 Å². The number of benzene rings is 2. The normalized spacial score (nSPS) is 12.5. The number of hydrogen-bond acceptors (Lipinski definition) is 4. The van der Waals surface area contributed by atoms with Gasteiger partial charge < -0.3 is 9.64 Å². The van der Waals surface area contributed by atoms with Crippen LogP contribution in [0.1, 0.15) is 33.7 Å². The van der Waals surface area contributed by atoms with Crippen molar-refractivity contribution in [2.24, 2.45) is 0 Å². The number of fused-ring (bicyclic) bond motifs is 1. The van der Waals surface area contributed by atoms with Gasteiger partial charge in [0.25, 0.3) is 5.91 Å². The number of halogens is 2. The van der Waals surface area contributed by atoms with E-state index in [4.69, 9.17) is 4.74 Å². The highest BCUT2D eigenvalue weighted by Gasteiger charge is 2.28. The van der Waals surface area contributed by atoms with Crippen molar-refractivity contribution in [2.75, 3.05) is 13.7 Å². The molecule has 0 N–H and O–H groups in total. The van der Waals surface area contributed by atoms with Crippen LogP contribution < -0.4 is 0 Å². The molecule has 3 aromatic rings. The van der Waals surface area contributed by atoms with Crippen LogP contribution in [0.25, 0.3) is 5.69 Å². The van der Waals surface area contributed by atoms with E-state index in [0.717, 1.165) is 29.7 Å². The number of nitrogens with zero attached hydrogens (tertiary/aromatic N) is 3. The number of rotatable bonds is 6. The quantitative estimate of drug-likeness (QED) is 0.568. The van der Waals surface area contributed by atoms with Crippen LogP contribution in [0.5, 0.6) is 0 Å². The van der Waals surface area contributed by atoms with E-state index < -0.39 is 12.6 Å². The molecule has 0 atom stereocenters. The van der Waals surface area contributed by atoms with E-state index in [9.17, 15) is 18.4 Å². The lowest BCUT2D eigenvalue weighted by atomic mass is 10.2. The zero-order chi connectivity index (χ0) is 22.0. The summed E-state index contributed by atoms with van der Waals surface area (Å²) in [6.07, 6.45) is 2.33. The first-order valence-electron chi connectivity index (χ1n) is 9.94. The maximum Gasteiger partial charge on any atom is 0.359 e. The summed E-state index contributed by atoms with van der Waals surface area (Å²) in [6.45, 7) is -0.153. The molecule has 0 fully saturated rings. The Bertz CT molecular complexity index is 1110. The van der Waals surface area contributed by atoms with Gasteiger partial charge in [0.2, 0.25) is 0 Å². The molecular formula is C23H21F2N3O3. The third-order valence-corrected chi connectivity index (χ3v) is 5.28. The van der Waals surface area contributed by atoms with Crippen molar-refractivity contribution in [3.05, 3.63) is 82.7 Å². The van der Waals surface area contributed by atoms with Crippen molar-refractivity contribution in [3.63, 3.8) is 0 Å². The topological polar surface area (TPSA) is 64.4 Å². The molecule has 0 radical (unpaired) electrons. The molecule has 8 heteroatoms. The van der Waals surface area contributed by atoms with Crippen molar-refractivity contribution < 1.29 is 23.1 Å². The standard InChI is InChI=1S/C23H21F2N3O3/c1-27(13-15-5-7-16(24)8-6-15)21(29)14-31-23(30)22-19-3-2-4-20(19)28(26-22)18-11-9-17(25)10-12-18/h5-12H,2-4,13-14H2,1H3. The van der Waals surface area contributed by atoms with Gasteiger partial charge in [0.05, 0.1) is 5.69 Å². The molecule has 1 aliphatic rings. The molecular weight excluding hydrogens is 404 g/mol. The van der Waals surface area contributed by atoms with Crippen LogP contribution in [0.3, 0.4) is 0 Å². The number of ether oxygens (including phenoxy) is 1. The molecule has 4 rings (SSSR count). The lowest BCUT2D eigenvalue weighted by Crippen LogP contribution is -2.31. The lowest BCUT2D eigenvalue weighted by Gasteiger charge is -2.17. The molecule has 1 aromatic heterocycles. The average Bonchev–Trinajstić information content (AvgIpc) is 3.37. The average molecular weight is 425 g/mol. The molecule has 0 bridgehead atoms. The minimum Gasteiger partial charge on any atom is -0.451 e. The molecule has 0 aliphatic heterocycles. The van der Waals surface area contributed by atoms with Crippen molar-refractivity contribution in [3.8, 4) is 5.69 Å². The summed E-state index contributed by atoms with van der Waals surface area (Å²) >= 11 is 0. The Balaban J connectivity index is 1.43.